The SMILES string of the molecule is COC(=O)c1sc2c(c1Cl)CCN(C(=O)OC(C)(C)C)C2. The second-order valence-electron chi connectivity index (χ2n) is 5.79. The minimum Gasteiger partial charge on any atom is -0.465 e. The standard InChI is InChI=1S/C14H18ClNO4S/c1-14(2,3)20-13(18)16-6-5-8-9(7-16)21-11(10(8)15)12(17)19-4/h5-7H2,1-4H3. The van der Waals surface area contributed by atoms with E-state index in [0.29, 0.717) is 29.4 Å². The fraction of sp³-hybridized carbons (Fsp3) is 0.571. The van der Waals surface area contributed by atoms with Crippen LogP contribution in [0.4, 0.5) is 4.79 Å². The zero-order valence-electron chi connectivity index (χ0n) is 12.5. The minimum atomic E-state index is -0.526. The Kier molecular flexibility index (Phi) is 4.49. The topological polar surface area (TPSA) is 55.8 Å². The maximum absolute atomic E-state index is 12.1. The Morgan fingerprint density at radius 2 is 2.00 bits per heavy atom. The molecule has 0 atom stereocenters. The number of amides is 1. The zero-order valence-corrected chi connectivity index (χ0v) is 14.1. The lowest BCUT2D eigenvalue weighted by Gasteiger charge is -2.29. The molecule has 0 spiro atoms. The first-order chi connectivity index (χ1) is 9.73. The van der Waals surface area contributed by atoms with Crippen LogP contribution >= 0.6 is 22.9 Å². The van der Waals surface area contributed by atoms with Gasteiger partial charge in [-0.25, -0.2) is 9.59 Å². The molecule has 2 rings (SSSR count). The Morgan fingerprint density at radius 1 is 1.33 bits per heavy atom. The molecule has 5 nitrogen and oxygen atoms in total. The van der Waals surface area contributed by atoms with Gasteiger partial charge < -0.3 is 14.4 Å². The van der Waals surface area contributed by atoms with Gasteiger partial charge in [-0.15, -0.1) is 11.3 Å². The van der Waals surface area contributed by atoms with Gasteiger partial charge in [-0.05, 0) is 32.8 Å². The van der Waals surface area contributed by atoms with E-state index in [0.717, 1.165) is 10.4 Å². The molecule has 0 radical (unpaired) electrons. The molecule has 0 fully saturated rings. The summed E-state index contributed by atoms with van der Waals surface area (Å²) in [5.41, 5.74) is 0.406. The Bertz CT molecular complexity index is 576. The molecule has 21 heavy (non-hydrogen) atoms. The predicted octanol–water partition coefficient (Wildman–Crippen LogP) is 3.48. The van der Waals surface area contributed by atoms with Crippen LogP contribution in [0.2, 0.25) is 5.02 Å². The van der Waals surface area contributed by atoms with E-state index in [1.807, 2.05) is 20.8 Å². The summed E-state index contributed by atoms with van der Waals surface area (Å²) in [6.07, 6.45) is 0.262. The number of ether oxygens (including phenoxy) is 2. The largest absolute Gasteiger partial charge is 0.465 e. The highest BCUT2D eigenvalue weighted by atomic mass is 35.5. The number of nitrogens with zero attached hydrogens (tertiary/aromatic N) is 1. The molecule has 7 heteroatoms. The van der Waals surface area contributed by atoms with Gasteiger partial charge in [0, 0.05) is 11.4 Å². The van der Waals surface area contributed by atoms with E-state index in [2.05, 4.69) is 0 Å². The monoisotopic (exact) mass is 331 g/mol. The smallest absolute Gasteiger partial charge is 0.410 e. The van der Waals surface area contributed by atoms with Crippen LogP contribution in [0.3, 0.4) is 0 Å². The number of fused-ring (bicyclic) bond motifs is 1. The first-order valence-corrected chi connectivity index (χ1v) is 7.78. The number of halogens is 1. The van der Waals surface area contributed by atoms with Crippen LogP contribution in [-0.2, 0) is 22.4 Å². The number of carbonyl (C=O) groups excluding carboxylic acids is 2. The molecule has 1 amide bonds. The summed E-state index contributed by atoms with van der Waals surface area (Å²) < 4.78 is 10.1. The second kappa shape index (κ2) is 5.85. The number of carbonyl (C=O) groups is 2. The summed E-state index contributed by atoms with van der Waals surface area (Å²) in [6, 6.07) is 0. The van der Waals surface area contributed by atoms with E-state index in [-0.39, 0.29) is 6.09 Å². The molecule has 0 bridgehead atoms. The summed E-state index contributed by atoms with van der Waals surface area (Å²) in [5.74, 6) is -0.441. The molecule has 0 aromatic carbocycles. The summed E-state index contributed by atoms with van der Waals surface area (Å²) in [4.78, 5) is 26.7. The maximum atomic E-state index is 12.1. The number of thiophene rings is 1. The van der Waals surface area contributed by atoms with Gasteiger partial charge in [0.25, 0.3) is 0 Å². The summed E-state index contributed by atoms with van der Waals surface area (Å²) >= 11 is 7.50. The highest BCUT2D eigenvalue weighted by molar-refractivity contribution is 7.14. The molecule has 116 valence electrons. The fourth-order valence-electron chi connectivity index (χ4n) is 2.07. The Balaban J connectivity index is 2.18. The van der Waals surface area contributed by atoms with Crippen molar-refractivity contribution < 1.29 is 19.1 Å². The molecule has 0 N–H and O–H groups in total. The van der Waals surface area contributed by atoms with E-state index < -0.39 is 11.6 Å². The summed E-state index contributed by atoms with van der Waals surface area (Å²) in [5, 5.41) is 0.450. The van der Waals surface area contributed by atoms with Gasteiger partial charge in [0.2, 0.25) is 0 Å². The van der Waals surface area contributed by atoms with Crippen molar-refractivity contribution in [2.45, 2.75) is 39.3 Å². The van der Waals surface area contributed by atoms with Crippen LogP contribution in [0, 0.1) is 0 Å². The van der Waals surface area contributed by atoms with E-state index in [1.54, 1.807) is 4.90 Å². The van der Waals surface area contributed by atoms with Crippen molar-refractivity contribution >= 4 is 35.0 Å². The molecular formula is C14H18ClNO4S. The first-order valence-electron chi connectivity index (χ1n) is 6.59. The van der Waals surface area contributed by atoms with Gasteiger partial charge in [-0.2, -0.15) is 0 Å². The highest BCUT2D eigenvalue weighted by Gasteiger charge is 2.30. The van der Waals surface area contributed by atoms with E-state index in [9.17, 15) is 9.59 Å². The van der Waals surface area contributed by atoms with Crippen molar-refractivity contribution in [2.24, 2.45) is 0 Å². The van der Waals surface area contributed by atoms with Crippen molar-refractivity contribution in [2.75, 3.05) is 13.7 Å². The average molecular weight is 332 g/mol. The average Bonchev–Trinajstić information content (AvgIpc) is 2.73. The molecule has 1 aromatic rings. The molecule has 0 saturated heterocycles. The molecule has 1 aromatic heterocycles. The molecule has 0 saturated carbocycles. The predicted molar refractivity (Wildman–Crippen MR) is 81.0 cm³/mol. The second-order valence-corrected chi connectivity index (χ2v) is 7.27. The molecule has 0 unspecified atom stereocenters. The number of hydrogen-bond acceptors (Lipinski definition) is 5. The third kappa shape index (κ3) is 3.49. The van der Waals surface area contributed by atoms with Crippen LogP contribution in [-0.4, -0.2) is 36.2 Å². The van der Waals surface area contributed by atoms with E-state index >= 15 is 0 Å². The first kappa shape index (κ1) is 16.1. The fourth-order valence-corrected chi connectivity index (χ4v) is 3.70. The van der Waals surface area contributed by atoms with Crippen molar-refractivity contribution in [3.05, 3.63) is 20.3 Å². The van der Waals surface area contributed by atoms with Crippen LogP contribution in [0.5, 0.6) is 0 Å². The molecule has 2 heterocycles. The lowest BCUT2D eigenvalue weighted by Crippen LogP contribution is -2.39. The van der Waals surface area contributed by atoms with Crippen molar-refractivity contribution in [3.63, 3.8) is 0 Å². The van der Waals surface area contributed by atoms with Crippen LogP contribution in [0.1, 0.15) is 40.9 Å². The Morgan fingerprint density at radius 3 is 2.57 bits per heavy atom. The van der Waals surface area contributed by atoms with Crippen LogP contribution in [0.15, 0.2) is 0 Å². The van der Waals surface area contributed by atoms with Crippen LogP contribution in [0.25, 0.3) is 0 Å². The third-order valence-electron chi connectivity index (χ3n) is 3.01. The van der Waals surface area contributed by atoms with Crippen molar-refractivity contribution in [3.8, 4) is 0 Å². The Hall–Kier alpha value is -1.27. The Labute approximate surface area is 132 Å². The maximum Gasteiger partial charge on any atom is 0.410 e. The molecule has 1 aliphatic heterocycles. The van der Waals surface area contributed by atoms with Crippen molar-refractivity contribution in [1.29, 1.82) is 0 Å². The summed E-state index contributed by atoms with van der Waals surface area (Å²) in [7, 11) is 1.32. The third-order valence-corrected chi connectivity index (χ3v) is 4.74. The normalized spacial score (nSPS) is 14.6. The van der Waals surface area contributed by atoms with Gasteiger partial charge in [-0.3, -0.25) is 0 Å². The number of hydrogen-bond donors (Lipinski definition) is 0. The zero-order chi connectivity index (χ0) is 15.8. The molecular weight excluding hydrogens is 314 g/mol. The summed E-state index contributed by atoms with van der Waals surface area (Å²) in [6.45, 7) is 6.43. The van der Waals surface area contributed by atoms with E-state index in [1.165, 1.54) is 18.4 Å². The van der Waals surface area contributed by atoms with Crippen molar-refractivity contribution in [1.82, 2.24) is 4.90 Å². The number of methoxy groups -OCH3 is 1. The van der Waals surface area contributed by atoms with Gasteiger partial charge in [0.15, 0.2) is 0 Å². The number of rotatable bonds is 1. The van der Waals surface area contributed by atoms with E-state index in [4.69, 9.17) is 21.1 Å². The minimum absolute atomic E-state index is 0.350. The number of esters is 1. The van der Waals surface area contributed by atoms with Gasteiger partial charge in [-0.1, -0.05) is 11.6 Å². The van der Waals surface area contributed by atoms with Gasteiger partial charge in [0.05, 0.1) is 18.7 Å². The van der Waals surface area contributed by atoms with Crippen LogP contribution < -0.4 is 0 Å². The highest BCUT2D eigenvalue weighted by Crippen LogP contribution is 2.37. The quantitative estimate of drug-likeness (QED) is 0.739. The lowest BCUT2D eigenvalue weighted by atomic mass is 10.1. The molecule has 1 aliphatic rings. The molecule has 0 aliphatic carbocycles. The van der Waals surface area contributed by atoms with Gasteiger partial charge >= 0.3 is 12.1 Å². The van der Waals surface area contributed by atoms with Gasteiger partial charge in [0.1, 0.15) is 10.5 Å². The lowest BCUT2D eigenvalue weighted by molar-refractivity contribution is 0.0226.